The van der Waals surface area contributed by atoms with Gasteiger partial charge in [-0.1, -0.05) is 41.9 Å². The van der Waals surface area contributed by atoms with Crippen LogP contribution in [0, 0.1) is 0 Å². The van der Waals surface area contributed by atoms with Gasteiger partial charge in [0.1, 0.15) is 0 Å². The van der Waals surface area contributed by atoms with Crippen molar-refractivity contribution in [1.29, 1.82) is 0 Å². The monoisotopic (exact) mass is 415 g/mol. The molecule has 3 aromatic rings. The third-order valence-electron chi connectivity index (χ3n) is 4.82. The van der Waals surface area contributed by atoms with E-state index >= 15 is 0 Å². The van der Waals surface area contributed by atoms with Gasteiger partial charge in [0.15, 0.2) is 5.78 Å². The maximum absolute atomic E-state index is 13.0. The Morgan fingerprint density at radius 3 is 2.63 bits per heavy atom. The Balaban J connectivity index is 1.52. The number of benzene rings is 1. The van der Waals surface area contributed by atoms with Crippen LogP contribution in [-0.4, -0.2) is 23.1 Å². The van der Waals surface area contributed by atoms with Crippen LogP contribution >= 0.6 is 34.3 Å². The summed E-state index contributed by atoms with van der Waals surface area (Å²) in [5, 5.41) is 2.10. The van der Waals surface area contributed by atoms with E-state index in [9.17, 15) is 9.59 Å². The van der Waals surface area contributed by atoms with Crippen molar-refractivity contribution in [2.45, 2.75) is 25.3 Å². The standard InChI is InChI=1S/C21H18ClNO2S2/c22-19-8-7-18(27-19)16(24)6-9-20(25)23-12-10-17-15(11-13-26-17)21(23)14-4-2-1-3-5-14/h1-5,7-8,11,13,21H,6,9-10,12H2. The van der Waals surface area contributed by atoms with Crippen LogP contribution in [0.4, 0.5) is 0 Å². The molecule has 1 aliphatic heterocycles. The van der Waals surface area contributed by atoms with Crippen LogP contribution in [0.25, 0.3) is 0 Å². The molecule has 1 amide bonds. The smallest absolute Gasteiger partial charge is 0.223 e. The Morgan fingerprint density at radius 2 is 1.89 bits per heavy atom. The molecule has 0 N–H and O–H groups in total. The number of thiophene rings is 2. The Kier molecular flexibility index (Phi) is 5.43. The van der Waals surface area contributed by atoms with E-state index in [1.54, 1.807) is 23.5 Å². The highest BCUT2D eigenvalue weighted by atomic mass is 35.5. The minimum absolute atomic E-state index is 0.0234. The van der Waals surface area contributed by atoms with Gasteiger partial charge in [0.2, 0.25) is 5.91 Å². The number of halogens is 1. The van der Waals surface area contributed by atoms with Gasteiger partial charge in [0.25, 0.3) is 0 Å². The first-order chi connectivity index (χ1) is 13.1. The average molecular weight is 416 g/mol. The van der Waals surface area contributed by atoms with E-state index in [-0.39, 0.29) is 30.6 Å². The van der Waals surface area contributed by atoms with E-state index in [1.165, 1.54) is 21.8 Å². The second-order valence-electron chi connectivity index (χ2n) is 6.48. The number of fused-ring (bicyclic) bond motifs is 1. The summed E-state index contributed by atoms with van der Waals surface area (Å²) in [6, 6.07) is 15.6. The third kappa shape index (κ3) is 3.86. The summed E-state index contributed by atoms with van der Waals surface area (Å²) < 4.78 is 0.592. The molecule has 6 heteroatoms. The minimum atomic E-state index is -0.0695. The van der Waals surface area contributed by atoms with Crippen molar-refractivity contribution in [2.24, 2.45) is 0 Å². The molecule has 0 bridgehead atoms. The lowest BCUT2D eigenvalue weighted by Gasteiger charge is -2.36. The van der Waals surface area contributed by atoms with E-state index in [4.69, 9.17) is 11.6 Å². The molecular formula is C21H18ClNO2S2. The molecule has 1 aromatic carbocycles. The highest BCUT2D eigenvalue weighted by molar-refractivity contribution is 7.18. The summed E-state index contributed by atoms with van der Waals surface area (Å²) in [6.07, 6.45) is 1.30. The normalized spacial score (nSPS) is 16.2. The van der Waals surface area contributed by atoms with E-state index in [1.807, 2.05) is 23.1 Å². The number of nitrogens with zero attached hydrogens (tertiary/aromatic N) is 1. The van der Waals surface area contributed by atoms with Crippen LogP contribution in [0.1, 0.15) is 44.6 Å². The number of carbonyl (C=O) groups is 2. The number of amides is 1. The van der Waals surface area contributed by atoms with Gasteiger partial charge in [-0.2, -0.15) is 0 Å². The van der Waals surface area contributed by atoms with Crippen LogP contribution < -0.4 is 0 Å². The minimum Gasteiger partial charge on any atom is -0.331 e. The number of hydrogen-bond acceptors (Lipinski definition) is 4. The highest BCUT2D eigenvalue weighted by Gasteiger charge is 2.32. The van der Waals surface area contributed by atoms with Gasteiger partial charge in [0, 0.05) is 24.3 Å². The summed E-state index contributed by atoms with van der Waals surface area (Å²) in [5.74, 6) is 0.00134. The number of ketones is 1. The van der Waals surface area contributed by atoms with Crippen LogP contribution in [-0.2, 0) is 11.2 Å². The predicted octanol–water partition coefficient (Wildman–Crippen LogP) is 5.60. The van der Waals surface area contributed by atoms with E-state index < -0.39 is 0 Å². The Morgan fingerprint density at radius 1 is 1.07 bits per heavy atom. The van der Waals surface area contributed by atoms with Gasteiger partial charge < -0.3 is 4.90 Å². The topological polar surface area (TPSA) is 37.4 Å². The van der Waals surface area contributed by atoms with Crippen LogP contribution in [0.5, 0.6) is 0 Å². The van der Waals surface area contributed by atoms with Crippen LogP contribution in [0.3, 0.4) is 0 Å². The van der Waals surface area contributed by atoms with Crippen molar-refractivity contribution < 1.29 is 9.59 Å². The molecule has 0 saturated heterocycles. The molecular weight excluding hydrogens is 398 g/mol. The average Bonchev–Trinajstić information content (AvgIpc) is 3.34. The first-order valence-corrected chi connectivity index (χ1v) is 10.9. The second kappa shape index (κ2) is 7.97. The van der Waals surface area contributed by atoms with Crippen molar-refractivity contribution in [3.05, 3.63) is 79.1 Å². The van der Waals surface area contributed by atoms with Crippen molar-refractivity contribution in [2.75, 3.05) is 6.54 Å². The molecule has 138 valence electrons. The zero-order valence-corrected chi connectivity index (χ0v) is 16.9. The Bertz CT molecular complexity index is 963. The molecule has 1 aliphatic rings. The first-order valence-electron chi connectivity index (χ1n) is 8.82. The zero-order valence-electron chi connectivity index (χ0n) is 14.6. The van der Waals surface area contributed by atoms with Gasteiger partial charge in [-0.15, -0.1) is 22.7 Å². The molecule has 1 atom stereocenters. The van der Waals surface area contributed by atoms with Crippen molar-refractivity contribution >= 4 is 46.0 Å². The van der Waals surface area contributed by atoms with Gasteiger partial charge in [-0.3, -0.25) is 9.59 Å². The Labute approximate surface area is 171 Å². The first kappa shape index (κ1) is 18.4. The summed E-state index contributed by atoms with van der Waals surface area (Å²) in [5.41, 5.74) is 2.32. The third-order valence-corrected chi connectivity index (χ3v) is 7.08. The van der Waals surface area contributed by atoms with Gasteiger partial charge in [-0.05, 0) is 41.1 Å². The SMILES string of the molecule is O=C(CCC(=O)N1CCc2sccc2C1c1ccccc1)c1ccc(Cl)s1. The molecule has 0 aliphatic carbocycles. The molecule has 0 radical (unpaired) electrons. The lowest BCUT2D eigenvalue weighted by atomic mass is 9.93. The van der Waals surface area contributed by atoms with Crippen molar-refractivity contribution in [1.82, 2.24) is 4.90 Å². The predicted molar refractivity (Wildman–Crippen MR) is 111 cm³/mol. The van der Waals surface area contributed by atoms with Crippen molar-refractivity contribution in [3.63, 3.8) is 0 Å². The van der Waals surface area contributed by atoms with Crippen LogP contribution in [0.2, 0.25) is 4.34 Å². The molecule has 1 unspecified atom stereocenters. The summed E-state index contributed by atoms with van der Waals surface area (Å²) in [4.78, 5) is 29.2. The maximum Gasteiger partial charge on any atom is 0.223 e. The lowest BCUT2D eigenvalue weighted by Crippen LogP contribution is -2.40. The number of carbonyl (C=O) groups excluding carboxylic acids is 2. The fourth-order valence-electron chi connectivity index (χ4n) is 3.53. The van der Waals surface area contributed by atoms with E-state index in [2.05, 4.69) is 23.6 Å². The quantitative estimate of drug-likeness (QED) is 0.508. The number of Topliss-reactive ketones (excluding diaryl/α,β-unsaturated/α-hetero) is 1. The fraction of sp³-hybridized carbons (Fsp3) is 0.238. The largest absolute Gasteiger partial charge is 0.331 e. The summed E-state index contributed by atoms with van der Waals surface area (Å²) in [6.45, 7) is 0.685. The van der Waals surface area contributed by atoms with Gasteiger partial charge in [-0.25, -0.2) is 0 Å². The van der Waals surface area contributed by atoms with Crippen LogP contribution in [0.15, 0.2) is 53.9 Å². The van der Waals surface area contributed by atoms with Crippen molar-refractivity contribution in [3.8, 4) is 0 Å². The molecule has 0 spiro atoms. The molecule has 4 rings (SSSR count). The fourth-order valence-corrected chi connectivity index (χ4v) is 5.45. The van der Waals surface area contributed by atoms with E-state index in [0.717, 1.165) is 12.0 Å². The molecule has 2 aromatic heterocycles. The van der Waals surface area contributed by atoms with Gasteiger partial charge >= 0.3 is 0 Å². The molecule has 0 saturated carbocycles. The molecule has 3 nitrogen and oxygen atoms in total. The maximum atomic E-state index is 13.0. The van der Waals surface area contributed by atoms with Gasteiger partial charge in [0.05, 0.1) is 15.3 Å². The summed E-state index contributed by atoms with van der Waals surface area (Å²) in [7, 11) is 0. The summed E-state index contributed by atoms with van der Waals surface area (Å²) >= 11 is 8.92. The second-order valence-corrected chi connectivity index (χ2v) is 9.19. The molecule has 3 heterocycles. The number of rotatable bonds is 5. The lowest BCUT2D eigenvalue weighted by molar-refractivity contribution is -0.133. The highest BCUT2D eigenvalue weighted by Crippen LogP contribution is 2.38. The Hall–Kier alpha value is -1.95. The van der Waals surface area contributed by atoms with E-state index in [0.29, 0.717) is 15.8 Å². The molecule has 27 heavy (non-hydrogen) atoms. The number of hydrogen-bond donors (Lipinski definition) is 0. The zero-order chi connectivity index (χ0) is 18.8. The molecule has 0 fully saturated rings.